The molecule has 0 unspecified atom stereocenters. The molecule has 14 heavy (non-hydrogen) atoms. The van der Waals surface area contributed by atoms with Gasteiger partial charge in [0.05, 0.1) is 12.0 Å². The zero-order valence-electron chi connectivity index (χ0n) is 7.27. The van der Waals surface area contributed by atoms with Crippen LogP contribution in [-0.2, 0) is 6.54 Å². The van der Waals surface area contributed by atoms with Gasteiger partial charge in [0.15, 0.2) is 11.6 Å². The van der Waals surface area contributed by atoms with Crippen LogP contribution in [0.5, 0.6) is 0 Å². The average Bonchev–Trinajstić information content (AvgIpc) is 2.71. The molecular formula is C9H8FN3O. The van der Waals surface area contributed by atoms with E-state index < -0.39 is 5.82 Å². The fourth-order valence-electron chi connectivity index (χ4n) is 1.13. The minimum Gasteiger partial charge on any atom is -0.463 e. The minimum absolute atomic E-state index is 0.0437. The highest BCUT2D eigenvalue weighted by Crippen LogP contribution is 2.21. The van der Waals surface area contributed by atoms with Crippen molar-refractivity contribution in [2.45, 2.75) is 6.54 Å². The van der Waals surface area contributed by atoms with Crippen LogP contribution in [-0.4, -0.2) is 9.97 Å². The van der Waals surface area contributed by atoms with E-state index in [1.54, 1.807) is 12.1 Å². The van der Waals surface area contributed by atoms with E-state index in [0.717, 1.165) is 0 Å². The van der Waals surface area contributed by atoms with Crippen molar-refractivity contribution < 1.29 is 8.81 Å². The summed E-state index contributed by atoms with van der Waals surface area (Å²) in [4.78, 5) is 7.51. The van der Waals surface area contributed by atoms with Crippen molar-refractivity contribution in [3.05, 3.63) is 36.2 Å². The molecule has 0 aliphatic heterocycles. The van der Waals surface area contributed by atoms with E-state index in [9.17, 15) is 4.39 Å². The summed E-state index contributed by atoms with van der Waals surface area (Å²) in [7, 11) is 0. The van der Waals surface area contributed by atoms with Gasteiger partial charge in [-0.05, 0) is 12.1 Å². The molecule has 0 aromatic carbocycles. The molecule has 2 aromatic rings. The van der Waals surface area contributed by atoms with E-state index in [2.05, 4.69) is 9.97 Å². The summed E-state index contributed by atoms with van der Waals surface area (Å²) in [5.41, 5.74) is 5.64. The van der Waals surface area contributed by atoms with E-state index in [0.29, 0.717) is 5.76 Å². The molecule has 0 aliphatic rings. The van der Waals surface area contributed by atoms with Crippen LogP contribution < -0.4 is 5.73 Å². The Labute approximate surface area is 79.6 Å². The molecule has 2 rings (SSSR count). The molecule has 0 atom stereocenters. The van der Waals surface area contributed by atoms with Crippen molar-refractivity contribution in [3.63, 3.8) is 0 Å². The van der Waals surface area contributed by atoms with Crippen LogP contribution in [0.15, 0.2) is 29.1 Å². The Morgan fingerprint density at radius 2 is 2.29 bits per heavy atom. The molecule has 0 spiro atoms. The first-order chi connectivity index (χ1) is 6.83. The summed E-state index contributed by atoms with van der Waals surface area (Å²) < 4.78 is 18.6. The highest BCUT2D eigenvalue weighted by atomic mass is 19.1. The molecule has 72 valence electrons. The zero-order valence-corrected chi connectivity index (χ0v) is 7.27. The fraction of sp³-hybridized carbons (Fsp3) is 0.111. The van der Waals surface area contributed by atoms with Gasteiger partial charge >= 0.3 is 0 Å². The Kier molecular flexibility index (Phi) is 2.24. The van der Waals surface area contributed by atoms with E-state index in [1.807, 2.05) is 0 Å². The molecule has 0 fully saturated rings. The van der Waals surface area contributed by atoms with Gasteiger partial charge in [0.2, 0.25) is 0 Å². The van der Waals surface area contributed by atoms with Gasteiger partial charge in [-0.15, -0.1) is 0 Å². The summed E-state index contributed by atoms with van der Waals surface area (Å²) in [5.74, 6) is -0.149. The molecule has 2 heterocycles. The molecule has 0 saturated heterocycles. The summed E-state index contributed by atoms with van der Waals surface area (Å²) in [5, 5.41) is 0. The van der Waals surface area contributed by atoms with Crippen LogP contribution in [0.4, 0.5) is 4.39 Å². The third-order valence-corrected chi connectivity index (χ3v) is 1.81. The molecule has 0 radical (unpaired) electrons. The second kappa shape index (κ2) is 3.55. The van der Waals surface area contributed by atoms with Crippen LogP contribution in [0.1, 0.15) is 5.69 Å². The van der Waals surface area contributed by atoms with Crippen LogP contribution in [0.25, 0.3) is 11.5 Å². The quantitative estimate of drug-likeness (QED) is 0.781. The normalized spacial score (nSPS) is 10.4. The summed E-state index contributed by atoms with van der Waals surface area (Å²) >= 11 is 0. The third kappa shape index (κ3) is 1.38. The van der Waals surface area contributed by atoms with Crippen LogP contribution >= 0.6 is 0 Å². The molecule has 0 aliphatic carbocycles. The van der Waals surface area contributed by atoms with E-state index in [-0.39, 0.29) is 17.9 Å². The maximum Gasteiger partial charge on any atom is 0.175 e. The van der Waals surface area contributed by atoms with Gasteiger partial charge in [-0.3, -0.25) is 0 Å². The topological polar surface area (TPSA) is 64.9 Å². The van der Waals surface area contributed by atoms with Crippen molar-refractivity contribution in [2.24, 2.45) is 5.73 Å². The van der Waals surface area contributed by atoms with Gasteiger partial charge in [0.25, 0.3) is 0 Å². The number of aromatic nitrogens is 2. The van der Waals surface area contributed by atoms with E-state index >= 15 is 0 Å². The van der Waals surface area contributed by atoms with Gasteiger partial charge in [0.1, 0.15) is 12.0 Å². The number of hydrogen-bond donors (Lipinski definition) is 1. The van der Waals surface area contributed by atoms with Crippen molar-refractivity contribution in [1.29, 1.82) is 0 Å². The number of hydrogen-bond acceptors (Lipinski definition) is 4. The van der Waals surface area contributed by atoms with Crippen LogP contribution in [0, 0.1) is 5.82 Å². The zero-order chi connectivity index (χ0) is 9.97. The van der Waals surface area contributed by atoms with Gasteiger partial charge in [-0.2, -0.15) is 0 Å². The minimum atomic E-state index is -0.523. The van der Waals surface area contributed by atoms with Gasteiger partial charge in [-0.1, -0.05) is 0 Å². The highest BCUT2D eigenvalue weighted by Gasteiger charge is 2.13. The summed E-state index contributed by atoms with van der Waals surface area (Å²) in [6.45, 7) is 0.0437. The maximum absolute atomic E-state index is 13.6. The van der Waals surface area contributed by atoms with Crippen LogP contribution in [0.2, 0.25) is 0 Å². The molecule has 0 amide bonds. The van der Waals surface area contributed by atoms with Crippen molar-refractivity contribution in [2.75, 3.05) is 0 Å². The molecular weight excluding hydrogens is 185 g/mol. The van der Waals surface area contributed by atoms with Gasteiger partial charge < -0.3 is 10.2 Å². The Morgan fingerprint density at radius 1 is 1.43 bits per heavy atom. The molecule has 2 aromatic heterocycles. The lowest BCUT2D eigenvalue weighted by Crippen LogP contribution is -2.05. The lowest BCUT2D eigenvalue weighted by Gasteiger charge is -2.01. The number of furan rings is 1. The van der Waals surface area contributed by atoms with E-state index in [4.69, 9.17) is 10.2 Å². The Hall–Kier alpha value is -1.75. The molecule has 0 bridgehead atoms. The second-order valence-corrected chi connectivity index (χ2v) is 2.66. The predicted molar refractivity (Wildman–Crippen MR) is 47.6 cm³/mol. The summed E-state index contributed by atoms with van der Waals surface area (Å²) in [6.07, 6.45) is 2.72. The first kappa shape index (κ1) is 8.83. The van der Waals surface area contributed by atoms with Crippen molar-refractivity contribution in [1.82, 2.24) is 9.97 Å². The first-order valence-corrected chi connectivity index (χ1v) is 4.06. The number of nitrogens with zero attached hydrogens (tertiary/aromatic N) is 2. The largest absolute Gasteiger partial charge is 0.463 e. The molecule has 4 nitrogen and oxygen atoms in total. The maximum atomic E-state index is 13.6. The molecule has 5 heteroatoms. The lowest BCUT2D eigenvalue weighted by atomic mass is 10.2. The Balaban J connectivity index is 2.54. The smallest absolute Gasteiger partial charge is 0.175 e. The fourth-order valence-corrected chi connectivity index (χ4v) is 1.13. The Morgan fingerprint density at radius 3 is 2.93 bits per heavy atom. The standard InChI is InChI=1S/C9H8FN3O/c10-8-6(4-11)12-5-13-9(8)7-2-1-3-14-7/h1-3,5H,4,11H2. The monoisotopic (exact) mass is 193 g/mol. The number of halogens is 1. The SMILES string of the molecule is NCc1ncnc(-c2ccco2)c1F. The Bertz CT molecular complexity index is 428. The molecule has 0 saturated carbocycles. The predicted octanol–water partition coefficient (Wildman–Crippen LogP) is 1.33. The van der Waals surface area contributed by atoms with Gasteiger partial charge in [0, 0.05) is 6.54 Å². The summed E-state index contributed by atoms with van der Waals surface area (Å²) in [6, 6.07) is 3.30. The second-order valence-electron chi connectivity index (χ2n) is 2.66. The average molecular weight is 193 g/mol. The molecule has 2 N–H and O–H groups in total. The van der Waals surface area contributed by atoms with E-state index in [1.165, 1.54) is 12.6 Å². The van der Waals surface area contributed by atoms with Crippen molar-refractivity contribution in [3.8, 4) is 11.5 Å². The van der Waals surface area contributed by atoms with Crippen molar-refractivity contribution >= 4 is 0 Å². The lowest BCUT2D eigenvalue weighted by molar-refractivity contribution is 0.555. The van der Waals surface area contributed by atoms with Gasteiger partial charge in [-0.25, -0.2) is 14.4 Å². The van der Waals surface area contributed by atoms with Crippen LogP contribution in [0.3, 0.4) is 0 Å². The third-order valence-electron chi connectivity index (χ3n) is 1.81. The number of rotatable bonds is 2. The number of nitrogens with two attached hydrogens (primary N) is 1. The highest BCUT2D eigenvalue weighted by molar-refractivity contribution is 5.52. The first-order valence-electron chi connectivity index (χ1n) is 4.06.